The first kappa shape index (κ1) is 18.6. The number of amides is 1. The Balaban J connectivity index is 1.29. The van der Waals surface area contributed by atoms with Crippen LogP contribution < -0.4 is 4.90 Å². The minimum atomic E-state index is 0.128. The van der Waals surface area contributed by atoms with Crippen LogP contribution in [-0.2, 0) is 18.3 Å². The molecule has 4 heterocycles. The van der Waals surface area contributed by atoms with Crippen molar-refractivity contribution in [3.05, 3.63) is 47.6 Å². The van der Waals surface area contributed by atoms with E-state index < -0.39 is 0 Å². The maximum absolute atomic E-state index is 12.9. The van der Waals surface area contributed by atoms with Gasteiger partial charge in [0.2, 0.25) is 5.91 Å². The molecule has 0 saturated carbocycles. The minimum Gasteiger partial charge on any atom is -0.464 e. The van der Waals surface area contributed by atoms with Gasteiger partial charge < -0.3 is 14.2 Å². The lowest BCUT2D eigenvalue weighted by atomic mass is 10.1. The number of carbonyl (C=O) groups excluding carboxylic acids is 1. The van der Waals surface area contributed by atoms with Crippen molar-refractivity contribution in [2.45, 2.75) is 20.3 Å². The highest BCUT2D eigenvalue weighted by molar-refractivity contribution is 5.89. The number of furan rings is 1. The van der Waals surface area contributed by atoms with Crippen molar-refractivity contribution in [3.63, 3.8) is 0 Å². The smallest absolute Gasteiger partial charge is 0.227 e. The van der Waals surface area contributed by atoms with E-state index in [0.29, 0.717) is 19.5 Å². The van der Waals surface area contributed by atoms with Crippen LogP contribution in [0.15, 0.2) is 35.1 Å². The predicted octanol–water partition coefficient (Wildman–Crippen LogP) is 2.62. The summed E-state index contributed by atoms with van der Waals surface area (Å²) in [5.41, 5.74) is 3.76. The molecule has 30 heavy (non-hydrogen) atoms. The van der Waals surface area contributed by atoms with Crippen molar-refractivity contribution < 1.29 is 9.21 Å². The number of piperazine rings is 1. The first-order valence-corrected chi connectivity index (χ1v) is 10.2. The van der Waals surface area contributed by atoms with Gasteiger partial charge in [0.25, 0.3) is 0 Å². The zero-order valence-corrected chi connectivity index (χ0v) is 17.4. The third-order valence-electron chi connectivity index (χ3n) is 5.77. The molecule has 0 unspecified atom stereocenters. The molecule has 0 atom stereocenters. The summed E-state index contributed by atoms with van der Waals surface area (Å²) < 4.78 is 7.41. The van der Waals surface area contributed by atoms with Crippen molar-refractivity contribution in [2.75, 3.05) is 31.1 Å². The lowest BCUT2D eigenvalue weighted by molar-refractivity contribution is -0.130. The molecule has 0 N–H and O–H groups in total. The third kappa shape index (κ3) is 3.18. The Morgan fingerprint density at radius 3 is 2.70 bits per heavy atom. The van der Waals surface area contributed by atoms with Gasteiger partial charge in [-0.2, -0.15) is 5.10 Å². The molecule has 8 nitrogen and oxygen atoms in total. The van der Waals surface area contributed by atoms with E-state index in [1.165, 1.54) is 0 Å². The Morgan fingerprint density at radius 1 is 1.10 bits per heavy atom. The van der Waals surface area contributed by atoms with Crippen LogP contribution in [0.2, 0.25) is 0 Å². The van der Waals surface area contributed by atoms with Crippen LogP contribution in [0.1, 0.15) is 17.0 Å². The van der Waals surface area contributed by atoms with Crippen LogP contribution in [0.4, 0.5) is 5.82 Å². The van der Waals surface area contributed by atoms with Crippen molar-refractivity contribution in [2.24, 2.45) is 7.05 Å². The number of nitrogens with zero attached hydrogens (tertiary/aromatic N) is 6. The zero-order chi connectivity index (χ0) is 20.8. The highest BCUT2D eigenvalue weighted by atomic mass is 16.3. The van der Waals surface area contributed by atoms with Gasteiger partial charge in [-0.15, -0.1) is 0 Å². The molecule has 5 rings (SSSR count). The maximum Gasteiger partial charge on any atom is 0.227 e. The van der Waals surface area contributed by atoms with Gasteiger partial charge in [-0.1, -0.05) is 12.1 Å². The second kappa shape index (κ2) is 7.12. The molecule has 0 spiro atoms. The number of benzene rings is 1. The number of hydrogen-bond acceptors (Lipinski definition) is 6. The SMILES string of the molecule is Cc1ccc2c(CC(=O)N3CCN(c4nc(C)nc5c4cnn5C)CC3)coc2c1. The maximum atomic E-state index is 12.9. The summed E-state index contributed by atoms with van der Waals surface area (Å²) in [7, 11) is 1.88. The second-order valence-electron chi connectivity index (χ2n) is 7.91. The van der Waals surface area contributed by atoms with Gasteiger partial charge in [0.1, 0.15) is 17.2 Å². The average Bonchev–Trinajstić information content (AvgIpc) is 3.31. The summed E-state index contributed by atoms with van der Waals surface area (Å²) in [4.78, 5) is 26.2. The van der Waals surface area contributed by atoms with Gasteiger partial charge >= 0.3 is 0 Å². The topological polar surface area (TPSA) is 80.3 Å². The molecule has 1 aliphatic rings. The number of rotatable bonds is 3. The highest BCUT2D eigenvalue weighted by Crippen LogP contribution is 2.26. The Kier molecular flexibility index (Phi) is 4.42. The standard InChI is InChI=1S/C22H24N6O2/c1-14-4-5-17-16(13-30-19(17)10-14)11-20(29)27-6-8-28(9-7-27)22-18-12-23-26(3)21(18)24-15(2)25-22/h4-5,10,12-13H,6-9,11H2,1-3H3. The molecule has 154 valence electrons. The Labute approximate surface area is 174 Å². The molecule has 1 fully saturated rings. The van der Waals surface area contributed by atoms with Gasteiger partial charge in [0.05, 0.1) is 24.3 Å². The normalized spacial score (nSPS) is 14.8. The fourth-order valence-corrected chi connectivity index (χ4v) is 4.12. The number of aromatic nitrogens is 4. The molecular weight excluding hydrogens is 380 g/mol. The van der Waals surface area contributed by atoms with Gasteiger partial charge in [0.15, 0.2) is 5.65 Å². The van der Waals surface area contributed by atoms with E-state index in [4.69, 9.17) is 4.42 Å². The molecule has 3 aromatic heterocycles. The van der Waals surface area contributed by atoms with Crippen LogP contribution in [0.25, 0.3) is 22.0 Å². The second-order valence-corrected chi connectivity index (χ2v) is 7.91. The molecule has 0 bridgehead atoms. The van der Waals surface area contributed by atoms with E-state index in [9.17, 15) is 4.79 Å². The van der Waals surface area contributed by atoms with Crippen LogP contribution in [0.5, 0.6) is 0 Å². The molecular formula is C22H24N6O2. The van der Waals surface area contributed by atoms with E-state index in [0.717, 1.165) is 57.9 Å². The molecule has 8 heteroatoms. The van der Waals surface area contributed by atoms with Gasteiger partial charge in [0, 0.05) is 44.2 Å². The molecule has 1 saturated heterocycles. The first-order valence-electron chi connectivity index (χ1n) is 10.2. The van der Waals surface area contributed by atoms with Crippen molar-refractivity contribution in [1.29, 1.82) is 0 Å². The highest BCUT2D eigenvalue weighted by Gasteiger charge is 2.25. The van der Waals surface area contributed by atoms with Crippen LogP contribution >= 0.6 is 0 Å². The third-order valence-corrected chi connectivity index (χ3v) is 5.77. The Morgan fingerprint density at radius 2 is 1.90 bits per heavy atom. The van der Waals surface area contributed by atoms with Gasteiger partial charge in [-0.25, -0.2) is 9.97 Å². The Hall–Kier alpha value is -3.42. The number of carbonyl (C=O) groups is 1. The van der Waals surface area contributed by atoms with E-state index in [1.54, 1.807) is 10.9 Å². The summed E-state index contributed by atoms with van der Waals surface area (Å²) in [5, 5.41) is 6.29. The molecule has 1 amide bonds. The van der Waals surface area contributed by atoms with Gasteiger partial charge in [-0.3, -0.25) is 9.48 Å². The monoisotopic (exact) mass is 404 g/mol. The summed E-state index contributed by atoms with van der Waals surface area (Å²) in [6.07, 6.45) is 3.88. The number of hydrogen-bond donors (Lipinski definition) is 0. The number of anilines is 1. The molecule has 0 aliphatic carbocycles. The van der Waals surface area contributed by atoms with Crippen molar-refractivity contribution in [1.82, 2.24) is 24.6 Å². The van der Waals surface area contributed by atoms with Crippen molar-refractivity contribution >= 4 is 33.7 Å². The molecule has 4 aromatic rings. The first-order chi connectivity index (χ1) is 14.5. The van der Waals surface area contributed by atoms with Crippen LogP contribution in [0.3, 0.4) is 0 Å². The molecule has 1 aliphatic heterocycles. The summed E-state index contributed by atoms with van der Waals surface area (Å²) in [6.45, 7) is 6.73. The van der Waals surface area contributed by atoms with Crippen molar-refractivity contribution in [3.8, 4) is 0 Å². The average molecular weight is 404 g/mol. The number of fused-ring (bicyclic) bond motifs is 2. The minimum absolute atomic E-state index is 0.128. The molecule has 1 aromatic carbocycles. The van der Waals surface area contributed by atoms with Crippen LogP contribution in [0, 0.1) is 13.8 Å². The summed E-state index contributed by atoms with van der Waals surface area (Å²) in [5.74, 6) is 1.75. The van der Waals surface area contributed by atoms with E-state index in [2.05, 4.69) is 20.0 Å². The largest absolute Gasteiger partial charge is 0.464 e. The fourth-order valence-electron chi connectivity index (χ4n) is 4.12. The Bertz CT molecular complexity index is 1250. The summed E-state index contributed by atoms with van der Waals surface area (Å²) in [6, 6.07) is 6.09. The number of aryl methyl sites for hydroxylation is 3. The van der Waals surface area contributed by atoms with E-state index in [1.807, 2.05) is 50.2 Å². The quantitative estimate of drug-likeness (QED) is 0.522. The van der Waals surface area contributed by atoms with E-state index in [-0.39, 0.29) is 5.91 Å². The lowest BCUT2D eigenvalue weighted by Gasteiger charge is -2.35. The molecule has 0 radical (unpaired) electrons. The fraction of sp³-hybridized carbons (Fsp3) is 0.364. The van der Waals surface area contributed by atoms with Gasteiger partial charge in [-0.05, 0) is 25.5 Å². The lowest BCUT2D eigenvalue weighted by Crippen LogP contribution is -2.49. The predicted molar refractivity (Wildman–Crippen MR) is 114 cm³/mol. The van der Waals surface area contributed by atoms with Crippen LogP contribution in [-0.4, -0.2) is 56.7 Å². The van der Waals surface area contributed by atoms with E-state index >= 15 is 0 Å². The summed E-state index contributed by atoms with van der Waals surface area (Å²) >= 11 is 0. The zero-order valence-electron chi connectivity index (χ0n) is 17.4.